The molecule has 2 N–H and O–H groups in total. The highest BCUT2D eigenvalue weighted by Gasteiger charge is 2.07. The number of carbonyl (C=O) groups excluding carboxylic acids is 1. The van der Waals surface area contributed by atoms with E-state index in [-0.39, 0.29) is 5.69 Å². The Morgan fingerprint density at radius 3 is 2.63 bits per heavy atom. The Morgan fingerprint density at radius 1 is 1.16 bits per heavy atom. The number of amides is 2. The number of anilines is 1. The van der Waals surface area contributed by atoms with E-state index >= 15 is 0 Å². The van der Waals surface area contributed by atoms with Crippen molar-refractivity contribution in [2.75, 3.05) is 5.32 Å². The van der Waals surface area contributed by atoms with E-state index in [1.165, 1.54) is 18.2 Å². The number of urea groups is 1. The first kappa shape index (κ1) is 13.4. The molecule has 0 aliphatic rings. The molecule has 2 aromatic carbocycles. The fraction of sp³-hybridized carbons (Fsp3) is 0.0714. The van der Waals surface area contributed by atoms with Crippen LogP contribution in [0.4, 0.5) is 14.9 Å². The molecule has 0 fully saturated rings. The van der Waals surface area contributed by atoms with Gasteiger partial charge in [-0.1, -0.05) is 41.9 Å². The van der Waals surface area contributed by atoms with Crippen LogP contribution in [0.5, 0.6) is 0 Å². The second kappa shape index (κ2) is 6.20. The van der Waals surface area contributed by atoms with Crippen molar-refractivity contribution in [3.63, 3.8) is 0 Å². The Labute approximate surface area is 115 Å². The topological polar surface area (TPSA) is 41.1 Å². The molecule has 98 valence electrons. The molecule has 0 saturated heterocycles. The Bertz CT molecular complexity index is 575. The van der Waals surface area contributed by atoms with Crippen LogP contribution in [0, 0.1) is 5.82 Å². The SMILES string of the molecule is O=C(NCc1ccccc1)Nc1cc(Cl)ccc1F. The number of nitrogens with one attached hydrogen (secondary N) is 2. The summed E-state index contributed by atoms with van der Waals surface area (Å²) < 4.78 is 13.4. The molecule has 0 spiro atoms. The van der Waals surface area contributed by atoms with E-state index in [1.807, 2.05) is 30.3 Å². The Hall–Kier alpha value is -2.07. The van der Waals surface area contributed by atoms with Crippen LogP contribution in [0.1, 0.15) is 5.56 Å². The maximum atomic E-state index is 13.4. The van der Waals surface area contributed by atoms with Crippen molar-refractivity contribution >= 4 is 23.3 Å². The van der Waals surface area contributed by atoms with E-state index in [0.29, 0.717) is 11.6 Å². The molecular weight excluding hydrogens is 267 g/mol. The largest absolute Gasteiger partial charge is 0.334 e. The van der Waals surface area contributed by atoms with E-state index in [0.717, 1.165) is 5.56 Å². The van der Waals surface area contributed by atoms with Gasteiger partial charge in [0.05, 0.1) is 5.69 Å². The lowest BCUT2D eigenvalue weighted by Gasteiger charge is -2.08. The highest BCUT2D eigenvalue weighted by molar-refractivity contribution is 6.30. The molecule has 0 saturated carbocycles. The molecule has 3 nitrogen and oxygen atoms in total. The Morgan fingerprint density at radius 2 is 1.89 bits per heavy atom. The van der Waals surface area contributed by atoms with Crippen molar-refractivity contribution in [3.8, 4) is 0 Å². The zero-order valence-electron chi connectivity index (χ0n) is 9.99. The van der Waals surface area contributed by atoms with Crippen LogP contribution in [-0.2, 0) is 6.54 Å². The number of rotatable bonds is 3. The van der Waals surface area contributed by atoms with Gasteiger partial charge in [0.2, 0.25) is 0 Å². The Balaban J connectivity index is 1.93. The summed E-state index contributed by atoms with van der Waals surface area (Å²) in [4.78, 5) is 11.6. The average Bonchev–Trinajstić information content (AvgIpc) is 2.42. The molecule has 0 unspecified atom stereocenters. The van der Waals surface area contributed by atoms with Crippen molar-refractivity contribution in [2.45, 2.75) is 6.54 Å². The summed E-state index contributed by atoms with van der Waals surface area (Å²) >= 11 is 5.73. The zero-order valence-corrected chi connectivity index (χ0v) is 10.7. The highest BCUT2D eigenvalue weighted by atomic mass is 35.5. The first-order valence-electron chi connectivity index (χ1n) is 5.69. The monoisotopic (exact) mass is 278 g/mol. The summed E-state index contributed by atoms with van der Waals surface area (Å²) in [5.74, 6) is -0.528. The molecule has 0 heterocycles. The number of hydrogen-bond donors (Lipinski definition) is 2. The van der Waals surface area contributed by atoms with Gasteiger partial charge < -0.3 is 10.6 Å². The minimum absolute atomic E-state index is 0.0538. The summed E-state index contributed by atoms with van der Waals surface area (Å²) in [6.07, 6.45) is 0. The van der Waals surface area contributed by atoms with Crippen molar-refractivity contribution in [1.29, 1.82) is 0 Å². The predicted octanol–water partition coefficient (Wildman–Crippen LogP) is 3.80. The number of halogens is 2. The molecular formula is C14H12ClFN2O. The van der Waals surface area contributed by atoms with Gasteiger partial charge in [-0.15, -0.1) is 0 Å². The first-order chi connectivity index (χ1) is 9.15. The maximum absolute atomic E-state index is 13.4. The van der Waals surface area contributed by atoms with E-state index in [2.05, 4.69) is 10.6 Å². The second-order valence-electron chi connectivity index (χ2n) is 3.92. The van der Waals surface area contributed by atoms with E-state index in [9.17, 15) is 9.18 Å². The molecule has 0 aliphatic heterocycles. The normalized spacial score (nSPS) is 10.0. The van der Waals surface area contributed by atoms with Crippen LogP contribution < -0.4 is 10.6 Å². The van der Waals surface area contributed by atoms with Gasteiger partial charge in [-0.25, -0.2) is 9.18 Å². The van der Waals surface area contributed by atoms with Crippen molar-refractivity contribution < 1.29 is 9.18 Å². The summed E-state index contributed by atoms with van der Waals surface area (Å²) in [5.41, 5.74) is 1.02. The molecule has 2 amide bonds. The molecule has 2 aromatic rings. The van der Waals surface area contributed by atoms with Crippen LogP contribution in [0.25, 0.3) is 0 Å². The van der Waals surface area contributed by atoms with Crippen molar-refractivity contribution in [2.24, 2.45) is 0 Å². The van der Waals surface area contributed by atoms with Crippen LogP contribution in [0.2, 0.25) is 5.02 Å². The molecule has 2 rings (SSSR count). The highest BCUT2D eigenvalue weighted by Crippen LogP contribution is 2.19. The van der Waals surface area contributed by atoms with Crippen LogP contribution in [0.15, 0.2) is 48.5 Å². The Kier molecular flexibility index (Phi) is 4.36. The fourth-order valence-corrected chi connectivity index (χ4v) is 1.71. The van der Waals surface area contributed by atoms with Crippen molar-refractivity contribution in [3.05, 3.63) is 64.9 Å². The summed E-state index contributed by atoms with van der Waals surface area (Å²) in [6, 6.07) is 12.9. The third-order valence-corrected chi connectivity index (χ3v) is 2.71. The summed E-state index contributed by atoms with van der Waals surface area (Å²) in [5, 5.41) is 5.41. The maximum Gasteiger partial charge on any atom is 0.319 e. The van der Waals surface area contributed by atoms with E-state index in [1.54, 1.807) is 0 Å². The molecule has 0 aromatic heterocycles. The molecule has 5 heteroatoms. The average molecular weight is 279 g/mol. The number of hydrogen-bond acceptors (Lipinski definition) is 1. The lowest BCUT2D eigenvalue weighted by molar-refractivity contribution is 0.251. The van der Waals surface area contributed by atoms with Crippen LogP contribution >= 0.6 is 11.6 Å². The summed E-state index contributed by atoms with van der Waals surface area (Å²) in [6.45, 7) is 0.370. The third kappa shape index (κ3) is 3.96. The molecule has 19 heavy (non-hydrogen) atoms. The third-order valence-electron chi connectivity index (χ3n) is 2.47. The van der Waals surface area contributed by atoms with Gasteiger partial charge in [-0.3, -0.25) is 0 Å². The number of benzene rings is 2. The van der Waals surface area contributed by atoms with E-state index < -0.39 is 11.8 Å². The van der Waals surface area contributed by atoms with Gasteiger partial charge >= 0.3 is 6.03 Å². The lowest BCUT2D eigenvalue weighted by atomic mass is 10.2. The van der Waals surface area contributed by atoms with Gasteiger partial charge in [-0.2, -0.15) is 0 Å². The van der Waals surface area contributed by atoms with Gasteiger partial charge in [0.1, 0.15) is 5.82 Å². The fourth-order valence-electron chi connectivity index (χ4n) is 1.54. The molecule has 0 atom stereocenters. The van der Waals surface area contributed by atoms with Gasteiger partial charge in [-0.05, 0) is 23.8 Å². The van der Waals surface area contributed by atoms with Crippen LogP contribution in [0.3, 0.4) is 0 Å². The summed E-state index contributed by atoms with van der Waals surface area (Å²) in [7, 11) is 0. The van der Waals surface area contributed by atoms with Crippen molar-refractivity contribution in [1.82, 2.24) is 5.32 Å². The molecule has 0 radical (unpaired) electrons. The van der Waals surface area contributed by atoms with E-state index in [4.69, 9.17) is 11.6 Å². The predicted molar refractivity (Wildman–Crippen MR) is 73.7 cm³/mol. The first-order valence-corrected chi connectivity index (χ1v) is 6.07. The second-order valence-corrected chi connectivity index (χ2v) is 4.35. The zero-order chi connectivity index (χ0) is 13.7. The van der Waals surface area contributed by atoms with Gasteiger partial charge in [0.15, 0.2) is 0 Å². The standard InChI is InChI=1S/C14H12ClFN2O/c15-11-6-7-12(16)13(8-11)18-14(19)17-9-10-4-2-1-3-5-10/h1-8H,9H2,(H2,17,18,19). The van der Waals surface area contributed by atoms with Gasteiger partial charge in [0.25, 0.3) is 0 Å². The molecule has 0 aliphatic carbocycles. The molecule has 0 bridgehead atoms. The smallest absolute Gasteiger partial charge is 0.319 e. The minimum atomic E-state index is -0.528. The minimum Gasteiger partial charge on any atom is -0.334 e. The lowest BCUT2D eigenvalue weighted by Crippen LogP contribution is -2.28. The number of carbonyl (C=O) groups is 1. The van der Waals surface area contributed by atoms with Crippen LogP contribution in [-0.4, -0.2) is 6.03 Å². The quantitative estimate of drug-likeness (QED) is 0.881. The van der Waals surface area contributed by atoms with Gasteiger partial charge in [0, 0.05) is 11.6 Å².